The maximum atomic E-state index is 13.1. The van der Waals surface area contributed by atoms with Gasteiger partial charge in [-0.3, -0.25) is 4.79 Å². The van der Waals surface area contributed by atoms with Crippen LogP contribution in [0.5, 0.6) is 0 Å². The molecule has 5 heteroatoms. The molecule has 0 aromatic rings. The third-order valence-electron chi connectivity index (χ3n) is 5.80. The predicted molar refractivity (Wildman–Crippen MR) is 86.6 cm³/mol. The summed E-state index contributed by atoms with van der Waals surface area (Å²) < 4.78 is 5.92. The number of azo groups is 1. The van der Waals surface area contributed by atoms with Crippen LogP contribution in [0.25, 0.3) is 0 Å². The van der Waals surface area contributed by atoms with E-state index in [0.29, 0.717) is 25.4 Å². The maximum Gasteiger partial charge on any atom is 0.162 e. The molecule has 1 spiro atoms. The van der Waals surface area contributed by atoms with E-state index in [9.17, 15) is 4.79 Å². The van der Waals surface area contributed by atoms with Crippen LogP contribution in [0.15, 0.2) is 32.9 Å². The zero-order valence-electron chi connectivity index (χ0n) is 14.2. The van der Waals surface area contributed by atoms with Gasteiger partial charge in [-0.1, -0.05) is 20.8 Å². The fourth-order valence-corrected chi connectivity index (χ4v) is 4.78. The summed E-state index contributed by atoms with van der Waals surface area (Å²) in [6.07, 6.45) is 4.49. The van der Waals surface area contributed by atoms with Gasteiger partial charge in [0.15, 0.2) is 11.6 Å². The standard InChI is InChI=1S/C18H25N3O2/c1-4-11-7-18(5-6-23-11)12-10-19-21-16(12)20-13-8-17(2,3)9-14(22)15(13)18/h11,20H,4-10H2,1-3H3/t11-,18+/m0/s1. The first kappa shape index (κ1) is 15.1. The lowest BCUT2D eigenvalue weighted by molar-refractivity contribution is -0.120. The molecule has 1 aliphatic carbocycles. The van der Waals surface area contributed by atoms with Crippen molar-refractivity contribution < 1.29 is 9.53 Å². The largest absolute Gasteiger partial charge is 0.378 e. The molecule has 1 saturated heterocycles. The van der Waals surface area contributed by atoms with Crippen molar-refractivity contribution in [3.05, 3.63) is 22.7 Å². The van der Waals surface area contributed by atoms with Crippen molar-refractivity contribution in [1.29, 1.82) is 0 Å². The summed E-state index contributed by atoms with van der Waals surface area (Å²) in [6, 6.07) is 0. The lowest BCUT2D eigenvalue weighted by Gasteiger charge is -2.48. The van der Waals surface area contributed by atoms with Crippen molar-refractivity contribution in [2.24, 2.45) is 21.1 Å². The van der Waals surface area contributed by atoms with Gasteiger partial charge in [0.1, 0.15) is 0 Å². The van der Waals surface area contributed by atoms with Gasteiger partial charge in [0.05, 0.1) is 12.6 Å². The molecule has 4 aliphatic rings. The van der Waals surface area contributed by atoms with E-state index in [1.165, 1.54) is 5.57 Å². The van der Waals surface area contributed by atoms with E-state index in [0.717, 1.165) is 42.8 Å². The van der Waals surface area contributed by atoms with Gasteiger partial charge in [0.2, 0.25) is 0 Å². The fourth-order valence-electron chi connectivity index (χ4n) is 4.78. The molecule has 1 fully saturated rings. The number of rotatable bonds is 1. The van der Waals surface area contributed by atoms with E-state index >= 15 is 0 Å². The Bertz CT molecular complexity index is 659. The number of ether oxygens (including phenoxy) is 1. The van der Waals surface area contributed by atoms with Gasteiger partial charge in [-0.2, -0.15) is 5.11 Å². The third kappa shape index (κ3) is 2.20. The molecule has 5 nitrogen and oxygen atoms in total. The topological polar surface area (TPSA) is 63.1 Å². The molecule has 0 saturated carbocycles. The van der Waals surface area contributed by atoms with Crippen LogP contribution in [0.1, 0.15) is 52.9 Å². The van der Waals surface area contributed by atoms with E-state index in [-0.39, 0.29) is 16.9 Å². The highest BCUT2D eigenvalue weighted by molar-refractivity contribution is 6.00. The van der Waals surface area contributed by atoms with Gasteiger partial charge in [0, 0.05) is 35.3 Å². The van der Waals surface area contributed by atoms with Crippen molar-refractivity contribution in [2.75, 3.05) is 13.2 Å². The van der Waals surface area contributed by atoms with Gasteiger partial charge in [-0.15, -0.1) is 5.11 Å². The molecule has 23 heavy (non-hydrogen) atoms. The number of allylic oxidation sites excluding steroid dienone is 2. The molecular weight excluding hydrogens is 290 g/mol. The van der Waals surface area contributed by atoms with E-state index in [4.69, 9.17) is 4.74 Å². The first-order valence-electron chi connectivity index (χ1n) is 8.72. The van der Waals surface area contributed by atoms with E-state index in [1.54, 1.807) is 0 Å². The second kappa shape index (κ2) is 5.00. The zero-order valence-corrected chi connectivity index (χ0v) is 14.2. The third-order valence-corrected chi connectivity index (χ3v) is 5.80. The average Bonchev–Trinajstić information content (AvgIpc) is 2.94. The summed E-state index contributed by atoms with van der Waals surface area (Å²) in [5, 5.41) is 12.0. The number of carbonyl (C=O) groups is 1. The van der Waals surface area contributed by atoms with Gasteiger partial charge in [0.25, 0.3) is 0 Å². The molecule has 0 amide bonds. The van der Waals surface area contributed by atoms with Crippen LogP contribution in [-0.2, 0) is 9.53 Å². The first-order valence-corrected chi connectivity index (χ1v) is 8.72. The van der Waals surface area contributed by atoms with Crippen LogP contribution in [0.3, 0.4) is 0 Å². The highest BCUT2D eigenvalue weighted by atomic mass is 16.5. The molecule has 3 aliphatic heterocycles. The molecule has 1 N–H and O–H groups in total. The number of nitrogens with zero attached hydrogens (tertiary/aromatic N) is 2. The molecule has 0 bridgehead atoms. The Morgan fingerprint density at radius 3 is 2.96 bits per heavy atom. The van der Waals surface area contributed by atoms with Crippen molar-refractivity contribution in [2.45, 2.75) is 59.0 Å². The highest BCUT2D eigenvalue weighted by Crippen LogP contribution is 2.55. The Kier molecular flexibility index (Phi) is 3.28. The van der Waals surface area contributed by atoms with Crippen molar-refractivity contribution >= 4 is 5.78 Å². The van der Waals surface area contributed by atoms with Crippen molar-refractivity contribution in [3.8, 4) is 0 Å². The van der Waals surface area contributed by atoms with Crippen LogP contribution in [-0.4, -0.2) is 25.0 Å². The van der Waals surface area contributed by atoms with E-state index in [2.05, 4.69) is 36.3 Å². The molecule has 0 unspecified atom stereocenters. The summed E-state index contributed by atoms with van der Waals surface area (Å²) in [7, 11) is 0. The molecule has 4 rings (SSSR count). The molecule has 124 valence electrons. The minimum absolute atomic E-state index is 0.00718. The van der Waals surface area contributed by atoms with Gasteiger partial charge >= 0.3 is 0 Å². The second-order valence-corrected chi connectivity index (χ2v) is 8.08. The van der Waals surface area contributed by atoms with E-state index < -0.39 is 0 Å². The molecule has 2 atom stereocenters. The highest BCUT2D eigenvalue weighted by Gasteiger charge is 2.53. The first-order chi connectivity index (χ1) is 11.0. The molecule has 0 radical (unpaired) electrons. The van der Waals surface area contributed by atoms with E-state index in [1.807, 2.05) is 0 Å². The van der Waals surface area contributed by atoms with Gasteiger partial charge in [-0.25, -0.2) is 0 Å². The fraction of sp³-hybridized carbons (Fsp3) is 0.722. The van der Waals surface area contributed by atoms with Crippen LogP contribution in [0.4, 0.5) is 0 Å². The number of ketones is 1. The minimum atomic E-state index is -0.202. The lowest BCUT2D eigenvalue weighted by atomic mass is 9.59. The summed E-state index contributed by atoms with van der Waals surface area (Å²) in [4.78, 5) is 13.1. The van der Waals surface area contributed by atoms with Crippen molar-refractivity contribution in [3.63, 3.8) is 0 Å². The average molecular weight is 315 g/mol. The van der Waals surface area contributed by atoms with Gasteiger partial charge in [-0.05, 0) is 31.1 Å². The van der Waals surface area contributed by atoms with Crippen molar-refractivity contribution in [1.82, 2.24) is 5.32 Å². The monoisotopic (exact) mass is 315 g/mol. The Hall–Kier alpha value is -1.49. The van der Waals surface area contributed by atoms with Crippen LogP contribution in [0, 0.1) is 10.8 Å². The predicted octanol–water partition coefficient (Wildman–Crippen LogP) is 3.49. The van der Waals surface area contributed by atoms with Crippen LogP contribution in [0.2, 0.25) is 0 Å². The minimum Gasteiger partial charge on any atom is -0.378 e. The van der Waals surface area contributed by atoms with Crippen LogP contribution < -0.4 is 5.32 Å². The number of Topliss-reactive ketones (excluding diaryl/α,β-unsaturated/α-hetero) is 1. The number of nitrogens with one attached hydrogen (secondary N) is 1. The molecule has 3 heterocycles. The molecule has 0 aromatic heterocycles. The zero-order chi connectivity index (χ0) is 16.2. The number of hydrogen-bond acceptors (Lipinski definition) is 5. The Balaban J connectivity index is 1.84. The second-order valence-electron chi connectivity index (χ2n) is 8.08. The summed E-state index contributed by atoms with van der Waals surface area (Å²) in [6.45, 7) is 7.82. The summed E-state index contributed by atoms with van der Waals surface area (Å²) in [5.41, 5.74) is 3.12. The lowest BCUT2D eigenvalue weighted by Crippen LogP contribution is -2.48. The SMILES string of the molecule is CC[C@H]1C[C@]2(CCO1)C1=C(N=NC1)NC1=C2C(=O)CC(C)(C)C1. The molecular formula is C18H25N3O2. The Morgan fingerprint density at radius 2 is 2.17 bits per heavy atom. The summed E-state index contributed by atoms with van der Waals surface area (Å²) in [5.74, 6) is 1.20. The summed E-state index contributed by atoms with van der Waals surface area (Å²) >= 11 is 0. The van der Waals surface area contributed by atoms with Crippen LogP contribution >= 0.6 is 0 Å². The Morgan fingerprint density at radius 1 is 1.35 bits per heavy atom. The Labute approximate surface area is 137 Å². The smallest absolute Gasteiger partial charge is 0.162 e. The number of dihydropyridines is 1. The number of fused-ring (bicyclic) bond motifs is 2. The normalized spacial score (nSPS) is 35.4. The maximum absolute atomic E-state index is 13.1. The number of carbonyl (C=O) groups excluding carboxylic acids is 1. The number of hydrogen-bond donors (Lipinski definition) is 1. The van der Waals surface area contributed by atoms with Gasteiger partial charge < -0.3 is 10.1 Å². The quantitative estimate of drug-likeness (QED) is 0.805. The molecule has 0 aromatic carbocycles.